The largest absolute Gasteiger partial charge is 0.464 e. The average Bonchev–Trinajstić information content (AvgIpc) is 2.37. The first kappa shape index (κ1) is 15.2. The van der Waals surface area contributed by atoms with Gasteiger partial charge in [0.1, 0.15) is 6.61 Å². The second-order valence-electron chi connectivity index (χ2n) is 4.80. The Morgan fingerprint density at radius 3 is 2.28 bits per heavy atom. The zero-order chi connectivity index (χ0) is 12.9. The van der Waals surface area contributed by atoms with Crippen molar-refractivity contribution >= 4 is 5.97 Å². The molecule has 0 spiro atoms. The number of carbonyl (C=O) groups excluding carboxylic acids is 1. The van der Waals surface area contributed by atoms with Gasteiger partial charge in [-0.15, -0.1) is 0 Å². The lowest BCUT2D eigenvalue weighted by Gasteiger charge is -2.05. The van der Waals surface area contributed by atoms with Crippen LogP contribution in [-0.2, 0) is 14.3 Å². The topological polar surface area (TPSA) is 35.5 Å². The van der Waals surface area contributed by atoms with Gasteiger partial charge >= 0.3 is 5.97 Å². The lowest BCUT2D eigenvalue weighted by Crippen LogP contribution is -2.13. The molecule has 3 nitrogen and oxygen atoms in total. The summed E-state index contributed by atoms with van der Waals surface area (Å²) in [5.74, 6) is -0.233. The minimum absolute atomic E-state index is 0.0911. The molecule has 1 aliphatic rings. The molecular formula is C15H26O3. The van der Waals surface area contributed by atoms with Crippen molar-refractivity contribution in [1.29, 1.82) is 0 Å². The van der Waals surface area contributed by atoms with Crippen molar-refractivity contribution < 1.29 is 14.3 Å². The Hall–Kier alpha value is -0.830. The van der Waals surface area contributed by atoms with Crippen molar-refractivity contribution in [1.82, 2.24) is 0 Å². The average molecular weight is 254 g/mol. The Balaban J connectivity index is 2.17. The molecule has 0 N–H and O–H groups in total. The highest BCUT2D eigenvalue weighted by Gasteiger charge is 2.02. The molecule has 1 rings (SSSR count). The van der Waals surface area contributed by atoms with Crippen molar-refractivity contribution in [3.8, 4) is 0 Å². The van der Waals surface area contributed by atoms with Crippen molar-refractivity contribution in [3.63, 3.8) is 0 Å². The Labute approximate surface area is 111 Å². The number of carbonyl (C=O) groups is 1. The lowest BCUT2D eigenvalue weighted by molar-refractivity contribution is -0.149. The molecule has 0 bridgehead atoms. The summed E-state index contributed by atoms with van der Waals surface area (Å²) in [5, 5.41) is 0. The van der Waals surface area contributed by atoms with Crippen molar-refractivity contribution in [3.05, 3.63) is 12.2 Å². The first-order valence-electron chi connectivity index (χ1n) is 7.28. The summed E-state index contributed by atoms with van der Waals surface area (Å²) in [6.45, 7) is 1.24. The number of hydrogen-bond acceptors (Lipinski definition) is 3. The van der Waals surface area contributed by atoms with E-state index in [1.54, 1.807) is 0 Å². The molecule has 0 saturated carbocycles. The molecule has 1 heterocycles. The molecule has 18 heavy (non-hydrogen) atoms. The van der Waals surface area contributed by atoms with E-state index < -0.39 is 0 Å². The number of hydrogen-bond donors (Lipinski definition) is 0. The van der Waals surface area contributed by atoms with Gasteiger partial charge in [-0.2, -0.15) is 0 Å². The monoisotopic (exact) mass is 254 g/mol. The van der Waals surface area contributed by atoms with Gasteiger partial charge in [0.05, 0.1) is 13.2 Å². The highest BCUT2D eigenvalue weighted by molar-refractivity contribution is 5.70. The van der Waals surface area contributed by atoms with Gasteiger partial charge in [0.25, 0.3) is 0 Å². The van der Waals surface area contributed by atoms with Crippen LogP contribution in [0.5, 0.6) is 0 Å². The zero-order valence-electron chi connectivity index (χ0n) is 11.4. The molecule has 0 amide bonds. The molecule has 3 heteroatoms. The maximum absolute atomic E-state index is 11.3. The fourth-order valence-corrected chi connectivity index (χ4v) is 2.02. The summed E-state index contributed by atoms with van der Waals surface area (Å²) in [7, 11) is 0. The molecule has 0 saturated heterocycles. The summed E-state index contributed by atoms with van der Waals surface area (Å²) in [4.78, 5) is 11.3. The van der Waals surface area contributed by atoms with Gasteiger partial charge in [-0.25, -0.2) is 4.79 Å². The summed E-state index contributed by atoms with van der Waals surface area (Å²) < 4.78 is 10.3. The zero-order valence-corrected chi connectivity index (χ0v) is 11.4. The SMILES string of the molecule is O=C1COCCC=CCCCCCCCCCO1. The maximum Gasteiger partial charge on any atom is 0.332 e. The van der Waals surface area contributed by atoms with Gasteiger partial charge in [-0.3, -0.25) is 0 Å². The van der Waals surface area contributed by atoms with Crippen molar-refractivity contribution in [2.75, 3.05) is 19.8 Å². The van der Waals surface area contributed by atoms with E-state index in [2.05, 4.69) is 12.2 Å². The number of rotatable bonds is 0. The molecular weight excluding hydrogens is 228 g/mol. The fourth-order valence-electron chi connectivity index (χ4n) is 2.02. The molecule has 0 fully saturated rings. The third kappa shape index (κ3) is 9.23. The minimum atomic E-state index is -0.233. The van der Waals surface area contributed by atoms with Crippen LogP contribution in [0.3, 0.4) is 0 Å². The quantitative estimate of drug-likeness (QED) is 0.489. The predicted molar refractivity (Wildman–Crippen MR) is 72.5 cm³/mol. The van der Waals surface area contributed by atoms with E-state index in [9.17, 15) is 4.79 Å². The van der Waals surface area contributed by atoms with Gasteiger partial charge in [-0.1, -0.05) is 44.3 Å². The van der Waals surface area contributed by atoms with Crippen LogP contribution in [-0.4, -0.2) is 25.8 Å². The molecule has 0 aliphatic carbocycles. The molecule has 1 aliphatic heterocycles. The number of allylic oxidation sites excluding steroid dienone is 1. The number of ether oxygens (including phenoxy) is 2. The Morgan fingerprint density at radius 2 is 1.44 bits per heavy atom. The molecule has 0 unspecified atom stereocenters. The van der Waals surface area contributed by atoms with E-state index in [0.29, 0.717) is 13.2 Å². The summed E-state index contributed by atoms with van der Waals surface area (Å²) in [5.41, 5.74) is 0. The Bertz CT molecular complexity index is 236. The van der Waals surface area contributed by atoms with E-state index in [0.717, 1.165) is 19.3 Å². The predicted octanol–water partition coefficient (Wildman–Crippen LogP) is 3.63. The highest BCUT2D eigenvalue weighted by Crippen LogP contribution is 2.09. The Morgan fingerprint density at radius 1 is 0.778 bits per heavy atom. The van der Waals surface area contributed by atoms with Crippen LogP contribution in [0, 0.1) is 0 Å². The van der Waals surface area contributed by atoms with Gasteiger partial charge in [-0.05, 0) is 25.7 Å². The Kier molecular flexibility index (Phi) is 9.54. The summed E-state index contributed by atoms with van der Waals surface area (Å²) >= 11 is 0. The second kappa shape index (κ2) is 11.3. The molecule has 0 aromatic carbocycles. The van der Waals surface area contributed by atoms with Crippen LogP contribution in [0.4, 0.5) is 0 Å². The first-order valence-corrected chi connectivity index (χ1v) is 7.28. The molecule has 0 aromatic rings. The van der Waals surface area contributed by atoms with Gasteiger partial charge in [0.15, 0.2) is 0 Å². The minimum Gasteiger partial charge on any atom is -0.464 e. The van der Waals surface area contributed by atoms with Gasteiger partial charge in [0.2, 0.25) is 0 Å². The fraction of sp³-hybridized carbons (Fsp3) is 0.800. The van der Waals surface area contributed by atoms with Crippen LogP contribution in [0.25, 0.3) is 0 Å². The normalized spacial score (nSPS) is 22.1. The number of esters is 1. The molecule has 0 atom stereocenters. The third-order valence-electron chi connectivity index (χ3n) is 3.09. The van der Waals surface area contributed by atoms with Crippen molar-refractivity contribution in [2.45, 2.75) is 57.8 Å². The molecule has 104 valence electrons. The van der Waals surface area contributed by atoms with E-state index in [1.165, 1.54) is 38.5 Å². The second-order valence-corrected chi connectivity index (χ2v) is 4.80. The van der Waals surface area contributed by atoms with Gasteiger partial charge < -0.3 is 9.47 Å². The van der Waals surface area contributed by atoms with Crippen LogP contribution < -0.4 is 0 Å². The van der Waals surface area contributed by atoms with Crippen LogP contribution >= 0.6 is 0 Å². The highest BCUT2D eigenvalue weighted by atomic mass is 16.6. The molecule has 0 radical (unpaired) electrons. The summed E-state index contributed by atoms with van der Waals surface area (Å²) in [6, 6.07) is 0. The van der Waals surface area contributed by atoms with Crippen LogP contribution in [0.15, 0.2) is 12.2 Å². The molecule has 0 aromatic heterocycles. The summed E-state index contributed by atoms with van der Waals surface area (Å²) in [6.07, 6.45) is 15.1. The smallest absolute Gasteiger partial charge is 0.332 e. The lowest BCUT2D eigenvalue weighted by atomic mass is 10.1. The van der Waals surface area contributed by atoms with Crippen LogP contribution in [0.1, 0.15) is 57.8 Å². The number of cyclic esters (lactones) is 1. The van der Waals surface area contributed by atoms with E-state index >= 15 is 0 Å². The maximum atomic E-state index is 11.3. The van der Waals surface area contributed by atoms with E-state index in [-0.39, 0.29) is 12.6 Å². The standard InChI is InChI=1S/C15H26O3/c16-15-14-17-12-10-8-6-4-2-1-3-5-7-9-11-13-18-15/h6,8H,1-5,7,9-14H2. The van der Waals surface area contributed by atoms with Gasteiger partial charge in [0, 0.05) is 0 Å². The van der Waals surface area contributed by atoms with E-state index in [4.69, 9.17) is 9.47 Å². The van der Waals surface area contributed by atoms with Crippen molar-refractivity contribution in [2.24, 2.45) is 0 Å². The van der Waals surface area contributed by atoms with E-state index in [1.807, 2.05) is 0 Å². The first-order chi connectivity index (χ1) is 8.89. The third-order valence-corrected chi connectivity index (χ3v) is 3.09. The van der Waals surface area contributed by atoms with Crippen LogP contribution in [0.2, 0.25) is 0 Å².